The van der Waals surface area contributed by atoms with Crippen LogP contribution in [0.4, 0.5) is 0 Å². The summed E-state index contributed by atoms with van der Waals surface area (Å²) in [4.78, 5) is 38.6. The van der Waals surface area contributed by atoms with E-state index in [1.54, 1.807) is 30.9 Å². The summed E-state index contributed by atoms with van der Waals surface area (Å²) < 4.78 is 5.06. The van der Waals surface area contributed by atoms with Crippen LogP contribution in [-0.4, -0.2) is 48.4 Å². The second-order valence-corrected chi connectivity index (χ2v) is 8.37. The normalized spacial score (nSPS) is 16.4. The van der Waals surface area contributed by atoms with Gasteiger partial charge in [0.1, 0.15) is 6.04 Å². The molecule has 0 unspecified atom stereocenters. The van der Waals surface area contributed by atoms with Gasteiger partial charge >= 0.3 is 5.97 Å². The molecule has 6 nitrogen and oxygen atoms in total. The van der Waals surface area contributed by atoms with Crippen molar-refractivity contribution in [3.05, 3.63) is 35.4 Å². The Bertz CT molecular complexity index is 698. The van der Waals surface area contributed by atoms with Crippen molar-refractivity contribution in [2.45, 2.75) is 58.9 Å². The van der Waals surface area contributed by atoms with Crippen molar-refractivity contribution in [2.75, 3.05) is 19.7 Å². The molecular formula is C22H32N2O4. The second kappa shape index (κ2) is 9.22. The van der Waals surface area contributed by atoms with E-state index in [1.807, 2.05) is 12.1 Å². The first kappa shape index (κ1) is 21.9. The summed E-state index contributed by atoms with van der Waals surface area (Å²) in [6, 6.07) is 6.85. The number of carbonyl (C=O) groups is 3. The summed E-state index contributed by atoms with van der Waals surface area (Å²) in [6.07, 6.45) is 1.19. The number of hydrogen-bond donors (Lipinski definition) is 1. The quantitative estimate of drug-likeness (QED) is 0.787. The van der Waals surface area contributed by atoms with E-state index in [0.29, 0.717) is 38.1 Å². The lowest BCUT2D eigenvalue weighted by atomic mass is 9.86. The number of nitrogens with zero attached hydrogens (tertiary/aromatic N) is 1. The summed E-state index contributed by atoms with van der Waals surface area (Å²) in [5.74, 6) is -0.713. The first-order valence-corrected chi connectivity index (χ1v) is 10.00. The van der Waals surface area contributed by atoms with Crippen molar-refractivity contribution in [3.8, 4) is 0 Å². The molecule has 0 saturated carbocycles. The van der Waals surface area contributed by atoms with Crippen molar-refractivity contribution >= 4 is 17.8 Å². The maximum atomic E-state index is 12.6. The number of hydrogen-bond acceptors (Lipinski definition) is 4. The molecule has 1 heterocycles. The highest BCUT2D eigenvalue weighted by Gasteiger charge is 2.30. The van der Waals surface area contributed by atoms with E-state index >= 15 is 0 Å². The number of benzene rings is 1. The second-order valence-electron chi connectivity index (χ2n) is 8.37. The Hall–Kier alpha value is -2.37. The van der Waals surface area contributed by atoms with Crippen LogP contribution < -0.4 is 5.32 Å². The average Bonchev–Trinajstić information content (AvgIpc) is 2.67. The molecule has 2 amide bonds. The van der Waals surface area contributed by atoms with Gasteiger partial charge in [-0.25, -0.2) is 0 Å². The van der Waals surface area contributed by atoms with E-state index < -0.39 is 6.04 Å². The highest BCUT2D eigenvalue weighted by atomic mass is 16.5. The van der Waals surface area contributed by atoms with E-state index in [1.165, 1.54) is 0 Å². The zero-order valence-corrected chi connectivity index (χ0v) is 17.6. The molecule has 0 radical (unpaired) electrons. The van der Waals surface area contributed by atoms with E-state index in [0.717, 1.165) is 5.56 Å². The minimum Gasteiger partial charge on any atom is -0.466 e. The van der Waals surface area contributed by atoms with Crippen molar-refractivity contribution in [1.29, 1.82) is 0 Å². The van der Waals surface area contributed by atoms with Gasteiger partial charge in [-0.15, -0.1) is 0 Å². The Kier molecular flexibility index (Phi) is 7.22. The summed E-state index contributed by atoms with van der Waals surface area (Å²) in [7, 11) is 0. The molecular weight excluding hydrogens is 356 g/mol. The molecule has 0 bridgehead atoms. The fraction of sp³-hybridized carbons (Fsp3) is 0.591. The van der Waals surface area contributed by atoms with Crippen molar-refractivity contribution in [3.63, 3.8) is 0 Å². The predicted octanol–water partition coefficient (Wildman–Crippen LogP) is 2.90. The molecule has 0 spiro atoms. The molecule has 1 fully saturated rings. The highest BCUT2D eigenvalue weighted by Crippen LogP contribution is 2.22. The smallest absolute Gasteiger partial charge is 0.309 e. The van der Waals surface area contributed by atoms with E-state index in [2.05, 4.69) is 26.1 Å². The van der Waals surface area contributed by atoms with Crippen LogP contribution in [0.15, 0.2) is 24.3 Å². The fourth-order valence-corrected chi connectivity index (χ4v) is 3.33. The molecule has 1 atom stereocenters. The minimum absolute atomic E-state index is 0.0218. The monoisotopic (exact) mass is 388 g/mol. The Balaban J connectivity index is 1.88. The number of likely N-dealkylation sites (tertiary alicyclic amines) is 1. The van der Waals surface area contributed by atoms with Gasteiger partial charge in [-0.2, -0.15) is 0 Å². The minimum atomic E-state index is -0.617. The molecule has 1 aromatic rings. The van der Waals surface area contributed by atoms with E-state index in [4.69, 9.17) is 4.74 Å². The Morgan fingerprint density at radius 2 is 1.71 bits per heavy atom. The number of amides is 2. The molecule has 1 aliphatic rings. The molecule has 28 heavy (non-hydrogen) atoms. The predicted molar refractivity (Wildman–Crippen MR) is 108 cm³/mol. The summed E-state index contributed by atoms with van der Waals surface area (Å²) in [5, 5.41) is 2.78. The van der Waals surface area contributed by atoms with Crippen LogP contribution in [0, 0.1) is 5.92 Å². The standard InChI is InChI=1S/C22H32N2O4/c1-6-28-21(27)17-11-13-24(14-12-17)20(26)15(2)23-19(25)16-7-9-18(10-8-16)22(3,4)5/h7-10,15,17H,6,11-14H2,1-5H3,(H,23,25)/t15-/m0/s1. The SMILES string of the molecule is CCOC(=O)C1CCN(C(=O)[C@H](C)NC(=O)c2ccc(C(C)(C)C)cc2)CC1. The number of piperidine rings is 1. The van der Waals surface area contributed by atoms with Gasteiger partial charge in [0.25, 0.3) is 5.91 Å². The number of nitrogens with one attached hydrogen (secondary N) is 1. The van der Waals surface area contributed by atoms with Crippen LogP contribution in [-0.2, 0) is 19.7 Å². The summed E-state index contributed by atoms with van der Waals surface area (Å²) in [5.41, 5.74) is 1.71. The maximum Gasteiger partial charge on any atom is 0.309 e. The first-order chi connectivity index (χ1) is 13.1. The van der Waals surface area contributed by atoms with Crippen molar-refractivity contribution < 1.29 is 19.1 Å². The molecule has 0 aliphatic carbocycles. The van der Waals surface area contributed by atoms with Gasteiger partial charge in [0.05, 0.1) is 12.5 Å². The summed E-state index contributed by atoms with van der Waals surface area (Å²) in [6.45, 7) is 11.2. The number of rotatable bonds is 5. The van der Waals surface area contributed by atoms with Crippen molar-refractivity contribution in [2.24, 2.45) is 5.92 Å². The zero-order chi connectivity index (χ0) is 20.9. The van der Waals surface area contributed by atoms with Gasteiger partial charge in [0.15, 0.2) is 0 Å². The average molecular weight is 389 g/mol. The van der Waals surface area contributed by atoms with Crippen LogP contribution in [0.1, 0.15) is 63.4 Å². The van der Waals surface area contributed by atoms with Gasteiger partial charge in [0.2, 0.25) is 5.91 Å². The van der Waals surface area contributed by atoms with Gasteiger partial charge in [-0.1, -0.05) is 32.9 Å². The number of esters is 1. The lowest BCUT2D eigenvalue weighted by Crippen LogP contribution is -2.50. The van der Waals surface area contributed by atoms with Gasteiger partial charge in [-0.05, 0) is 49.8 Å². The van der Waals surface area contributed by atoms with Crippen LogP contribution in [0.2, 0.25) is 0 Å². The zero-order valence-electron chi connectivity index (χ0n) is 17.6. The van der Waals surface area contributed by atoms with Gasteiger partial charge in [-0.3, -0.25) is 14.4 Å². The molecule has 1 saturated heterocycles. The molecule has 1 aliphatic heterocycles. The number of carbonyl (C=O) groups excluding carboxylic acids is 3. The molecule has 154 valence electrons. The lowest BCUT2D eigenvalue weighted by molar-refractivity contribution is -0.151. The largest absolute Gasteiger partial charge is 0.466 e. The molecule has 1 aromatic carbocycles. The molecule has 2 rings (SSSR count). The topological polar surface area (TPSA) is 75.7 Å². The van der Waals surface area contributed by atoms with E-state index in [9.17, 15) is 14.4 Å². The molecule has 0 aromatic heterocycles. The van der Waals surface area contributed by atoms with Gasteiger partial charge < -0.3 is 15.0 Å². The highest BCUT2D eigenvalue weighted by molar-refractivity contribution is 5.97. The fourth-order valence-electron chi connectivity index (χ4n) is 3.33. The van der Waals surface area contributed by atoms with Crippen LogP contribution >= 0.6 is 0 Å². The van der Waals surface area contributed by atoms with Crippen LogP contribution in [0.3, 0.4) is 0 Å². The third-order valence-corrected chi connectivity index (χ3v) is 5.16. The first-order valence-electron chi connectivity index (χ1n) is 10.00. The van der Waals surface area contributed by atoms with Crippen molar-refractivity contribution in [1.82, 2.24) is 10.2 Å². The Labute approximate surface area is 167 Å². The van der Waals surface area contributed by atoms with Crippen LogP contribution in [0.5, 0.6) is 0 Å². The van der Waals surface area contributed by atoms with Crippen LogP contribution in [0.25, 0.3) is 0 Å². The van der Waals surface area contributed by atoms with Gasteiger partial charge in [0, 0.05) is 18.7 Å². The molecule has 1 N–H and O–H groups in total. The lowest BCUT2D eigenvalue weighted by Gasteiger charge is -2.32. The van der Waals surface area contributed by atoms with E-state index in [-0.39, 0.29) is 29.1 Å². The third-order valence-electron chi connectivity index (χ3n) is 5.16. The Morgan fingerprint density at radius 1 is 1.14 bits per heavy atom. The Morgan fingerprint density at radius 3 is 2.21 bits per heavy atom. The summed E-state index contributed by atoms with van der Waals surface area (Å²) >= 11 is 0. The molecule has 6 heteroatoms. The number of ether oxygens (including phenoxy) is 1. The third kappa shape index (κ3) is 5.57. The maximum absolute atomic E-state index is 12.6.